The molecule has 164 valence electrons. The number of carbonyl (C=O) groups excluding carboxylic acids is 2. The summed E-state index contributed by atoms with van der Waals surface area (Å²) in [5, 5.41) is 11.3. The van der Waals surface area contributed by atoms with Crippen LogP contribution < -0.4 is 0 Å². The van der Waals surface area contributed by atoms with Crippen LogP contribution in [0.5, 0.6) is 0 Å². The zero-order chi connectivity index (χ0) is 21.2. The maximum absolute atomic E-state index is 12.3. The highest BCUT2D eigenvalue weighted by Gasteiger charge is 2.71. The fourth-order valence-corrected chi connectivity index (χ4v) is 8.46. The van der Waals surface area contributed by atoms with Crippen molar-refractivity contribution in [2.45, 2.75) is 97.7 Å². The van der Waals surface area contributed by atoms with E-state index < -0.39 is 11.9 Å². The Morgan fingerprint density at radius 3 is 2.41 bits per heavy atom. The second-order valence-electron chi connectivity index (χ2n) is 11.7. The largest absolute Gasteiger partial charge is 0.469 e. The highest BCUT2D eigenvalue weighted by Crippen LogP contribution is 2.76. The first-order valence-corrected chi connectivity index (χ1v) is 11.4. The van der Waals surface area contributed by atoms with Crippen molar-refractivity contribution in [1.29, 1.82) is 0 Å². The minimum absolute atomic E-state index is 0.0749. The van der Waals surface area contributed by atoms with Gasteiger partial charge in [-0.25, -0.2) is 0 Å². The van der Waals surface area contributed by atoms with Gasteiger partial charge in [-0.3, -0.25) is 9.59 Å². The first-order valence-electron chi connectivity index (χ1n) is 11.4. The highest BCUT2D eigenvalue weighted by molar-refractivity contribution is 5.91. The minimum atomic E-state index is -0.561. The maximum Gasteiger partial charge on any atom is 0.317 e. The lowest BCUT2D eigenvalue weighted by Gasteiger charge is -2.68. The summed E-state index contributed by atoms with van der Waals surface area (Å²) in [7, 11) is 1.28. The monoisotopic (exact) mass is 406 g/mol. The van der Waals surface area contributed by atoms with Crippen molar-refractivity contribution < 1.29 is 24.2 Å². The molecule has 0 aliphatic heterocycles. The molecule has 2 bridgehead atoms. The van der Waals surface area contributed by atoms with Gasteiger partial charge in [0.25, 0.3) is 0 Å². The maximum atomic E-state index is 12.3. The molecule has 0 saturated heterocycles. The van der Waals surface area contributed by atoms with Gasteiger partial charge in [0.05, 0.1) is 13.2 Å². The summed E-state index contributed by atoms with van der Waals surface area (Å²) in [5.74, 6) is -0.357. The number of aliphatic hydroxyl groups excluding tert-OH is 1. The third-order valence-corrected chi connectivity index (χ3v) is 9.92. The minimum Gasteiger partial charge on any atom is -0.469 e. The van der Waals surface area contributed by atoms with Crippen LogP contribution in [0.1, 0.15) is 85.5 Å². The number of aliphatic hydroxyl groups is 1. The van der Waals surface area contributed by atoms with Crippen LogP contribution in [0.2, 0.25) is 0 Å². The van der Waals surface area contributed by atoms with Crippen LogP contribution in [0.15, 0.2) is 0 Å². The Morgan fingerprint density at radius 2 is 1.72 bits per heavy atom. The van der Waals surface area contributed by atoms with Gasteiger partial charge < -0.3 is 14.6 Å². The second kappa shape index (κ2) is 6.70. The van der Waals surface area contributed by atoms with Gasteiger partial charge in [0, 0.05) is 5.41 Å². The number of ether oxygens (including phenoxy) is 2. The van der Waals surface area contributed by atoms with Crippen molar-refractivity contribution >= 4 is 11.9 Å². The van der Waals surface area contributed by atoms with Crippen LogP contribution in [0.4, 0.5) is 0 Å². The van der Waals surface area contributed by atoms with E-state index in [4.69, 9.17) is 4.74 Å². The van der Waals surface area contributed by atoms with Crippen molar-refractivity contribution in [2.24, 2.45) is 33.5 Å². The molecular formula is C24H38O5. The molecule has 0 unspecified atom stereocenters. The number of fused-ring (bicyclic) bond motifs is 2. The first kappa shape index (κ1) is 21.1. The molecule has 7 atom stereocenters. The highest BCUT2D eigenvalue weighted by atomic mass is 16.6. The quantitative estimate of drug-likeness (QED) is 0.560. The van der Waals surface area contributed by atoms with Gasteiger partial charge in [-0.05, 0) is 73.0 Å². The van der Waals surface area contributed by atoms with E-state index in [-0.39, 0.29) is 46.2 Å². The molecule has 29 heavy (non-hydrogen) atoms. The molecule has 1 N–H and O–H groups in total. The van der Waals surface area contributed by atoms with Crippen LogP contribution >= 0.6 is 0 Å². The van der Waals surface area contributed by atoms with Crippen molar-refractivity contribution in [3.05, 3.63) is 0 Å². The van der Waals surface area contributed by atoms with Gasteiger partial charge in [0.15, 0.2) is 0 Å². The lowest BCUT2D eigenvalue weighted by atomic mass is 9.37. The van der Waals surface area contributed by atoms with Crippen LogP contribution in [-0.2, 0) is 19.1 Å². The predicted molar refractivity (Wildman–Crippen MR) is 109 cm³/mol. The lowest BCUT2D eigenvalue weighted by Crippen LogP contribution is -2.64. The molecule has 1 spiro atoms. The third-order valence-electron chi connectivity index (χ3n) is 9.92. The molecule has 0 amide bonds. The normalized spacial score (nSPS) is 47.7. The topological polar surface area (TPSA) is 72.8 Å². The number of hydrogen-bond donors (Lipinski definition) is 1. The summed E-state index contributed by atoms with van der Waals surface area (Å²) < 4.78 is 10.5. The summed E-state index contributed by atoms with van der Waals surface area (Å²) in [4.78, 5) is 23.8. The summed E-state index contributed by atoms with van der Waals surface area (Å²) in [6.07, 6.45) is 7.56. The van der Waals surface area contributed by atoms with E-state index in [0.29, 0.717) is 12.3 Å². The van der Waals surface area contributed by atoms with Gasteiger partial charge in [-0.15, -0.1) is 0 Å². The van der Waals surface area contributed by atoms with Crippen LogP contribution in [0, 0.1) is 33.5 Å². The Labute approximate surface area is 174 Å². The van der Waals surface area contributed by atoms with Gasteiger partial charge in [0.1, 0.15) is 12.5 Å². The average molecular weight is 407 g/mol. The predicted octanol–water partition coefficient (Wildman–Crippen LogP) is 4.26. The molecule has 4 rings (SSSR count). The summed E-state index contributed by atoms with van der Waals surface area (Å²) in [5.41, 5.74) is 0.551. The molecule has 5 heteroatoms. The Morgan fingerprint density at radius 1 is 1.00 bits per heavy atom. The number of carbonyl (C=O) groups is 2. The molecule has 4 saturated carbocycles. The molecular weight excluding hydrogens is 368 g/mol. The molecule has 5 nitrogen and oxygen atoms in total. The van der Waals surface area contributed by atoms with Gasteiger partial charge >= 0.3 is 11.9 Å². The number of esters is 2. The van der Waals surface area contributed by atoms with E-state index in [2.05, 4.69) is 32.4 Å². The van der Waals surface area contributed by atoms with Crippen LogP contribution in [0.3, 0.4) is 0 Å². The van der Waals surface area contributed by atoms with Gasteiger partial charge in [-0.2, -0.15) is 0 Å². The van der Waals surface area contributed by atoms with Crippen LogP contribution in [-0.4, -0.2) is 36.4 Å². The lowest BCUT2D eigenvalue weighted by molar-refractivity contribution is -0.228. The fourth-order valence-electron chi connectivity index (χ4n) is 8.46. The van der Waals surface area contributed by atoms with Crippen molar-refractivity contribution in [3.8, 4) is 0 Å². The number of hydrogen-bond acceptors (Lipinski definition) is 5. The van der Waals surface area contributed by atoms with E-state index in [0.717, 1.165) is 25.7 Å². The van der Waals surface area contributed by atoms with Gasteiger partial charge in [-0.1, -0.05) is 34.1 Å². The van der Waals surface area contributed by atoms with Crippen molar-refractivity contribution in [1.82, 2.24) is 0 Å². The van der Waals surface area contributed by atoms with E-state index in [1.807, 2.05) is 0 Å². The van der Waals surface area contributed by atoms with E-state index in [9.17, 15) is 14.7 Å². The molecule has 0 radical (unpaired) electrons. The second-order valence-corrected chi connectivity index (χ2v) is 11.7. The molecule has 0 aromatic carbocycles. The third kappa shape index (κ3) is 2.97. The Balaban J connectivity index is 1.63. The van der Waals surface area contributed by atoms with E-state index in [1.165, 1.54) is 26.4 Å². The van der Waals surface area contributed by atoms with Crippen molar-refractivity contribution in [3.63, 3.8) is 0 Å². The Kier molecular flexibility index (Phi) is 4.88. The zero-order valence-corrected chi connectivity index (χ0v) is 18.8. The zero-order valence-electron chi connectivity index (χ0n) is 18.8. The molecule has 4 fully saturated rings. The van der Waals surface area contributed by atoms with Crippen molar-refractivity contribution in [2.75, 3.05) is 7.11 Å². The molecule has 4 aliphatic carbocycles. The standard InChI is InChI=1S/C24H38O5/c1-21(2)7-6-8-23(4)17(21)12-16(25)15-11-18(29-20(27)13-19(26)28-5)22(3)9-10-24(15,23)14-22/h15-18,25H,6-14H2,1-5H3/t15-,16+,17+,18-,22+,23+,24+/m1/s1. The van der Waals surface area contributed by atoms with Crippen LogP contribution in [0.25, 0.3) is 0 Å². The SMILES string of the molecule is COC(=O)CC(=O)O[C@@H]1C[C@@H]2[C@@H](O)C[C@H]3C(C)(C)CCC[C@]3(C)[C@]23CC[C@@]1(C)C3. The van der Waals surface area contributed by atoms with E-state index in [1.54, 1.807) is 0 Å². The fraction of sp³-hybridized carbons (Fsp3) is 0.917. The Bertz CT molecular complexity index is 701. The Hall–Kier alpha value is -1.10. The molecule has 0 heterocycles. The number of methoxy groups -OCH3 is 1. The van der Waals surface area contributed by atoms with Gasteiger partial charge in [0.2, 0.25) is 0 Å². The smallest absolute Gasteiger partial charge is 0.317 e. The first-order chi connectivity index (χ1) is 13.5. The molecule has 4 aliphatic rings. The van der Waals surface area contributed by atoms with E-state index >= 15 is 0 Å². The molecule has 0 aromatic rings. The number of rotatable bonds is 3. The summed E-state index contributed by atoms with van der Waals surface area (Å²) >= 11 is 0. The average Bonchev–Trinajstić information content (AvgIpc) is 2.94. The molecule has 0 aromatic heterocycles. The summed E-state index contributed by atoms with van der Waals surface area (Å²) in [6, 6.07) is 0. The summed E-state index contributed by atoms with van der Waals surface area (Å²) in [6.45, 7) is 9.55.